The van der Waals surface area contributed by atoms with Crippen molar-refractivity contribution in [2.45, 2.75) is 45.3 Å². The number of urea groups is 1. The molecule has 4 N–H and O–H groups in total. The molecule has 30 heavy (non-hydrogen) atoms. The number of fused-ring (bicyclic) bond motifs is 1. The molecule has 1 atom stereocenters. The highest BCUT2D eigenvalue weighted by Gasteiger charge is 2.27. The number of nitrogens with one attached hydrogen (secondary N) is 3. The lowest BCUT2D eigenvalue weighted by atomic mass is 10.1. The zero-order valence-electron chi connectivity index (χ0n) is 17.4. The van der Waals surface area contributed by atoms with Crippen LogP contribution >= 0.6 is 0 Å². The molecule has 3 rings (SSSR count). The van der Waals surface area contributed by atoms with Gasteiger partial charge in [0.05, 0.1) is 19.2 Å². The molecule has 4 amide bonds. The number of anilines is 1. The molecule has 1 saturated heterocycles. The minimum Gasteiger partial charge on any atom is -0.394 e. The Balaban J connectivity index is 1.51. The fourth-order valence-electron chi connectivity index (χ4n) is 3.96. The third kappa shape index (κ3) is 5.41. The van der Waals surface area contributed by atoms with E-state index >= 15 is 0 Å². The van der Waals surface area contributed by atoms with Gasteiger partial charge in [0.25, 0.3) is 0 Å². The first-order valence-corrected chi connectivity index (χ1v) is 10.6. The number of benzene rings is 1. The molecule has 1 unspecified atom stereocenters. The van der Waals surface area contributed by atoms with E-state index in [0.717, 1.165) is 29.7 Å². The lowest BCUT2D eigenvalue weighted by molar-refractivity contribution is -0.132. The van der Waals surface area contributed by atoms with Crippen molar-refractivity contribution in [2.24, 2.45) is 0 Å². The quantitative estimate of drug-likeness (QED) is 0.542. The van der Waals surface area contributed by atoms with Gasteiger partial charge in [0, 0.05) is 44.8 Å². The molecular weight excluding hydrogens is 386 g/mol. The van der Waals surface area contributed by atoms with E-state index in [-0.39, 0.29) is 31.0 Å². The Kier molecular flexibility index (Phi) is 7.51. The topological polar surface area (TPSA) is 114 Å². The van der Waals surface area contributed by atoms with Gasteiger partial charge in [-0.2, -0.15) is 0 Å². The number of aliphatic hydroxyl groups excluding tert-OH is 1. The van der Waals surface area contributed by atoms with E-state index in [0.29, 0.717) is 39.1 Å². The number of likely N-dealkylation sites (tertiary alicyclic amines) is 1. The fraction of sp³-hybridized carbons (Fsp3) is 0.571. The summed E-state index contributed by atoms with van der Waals surface area (Å²) in [7, 11) is 0. The molecule has 1 aromatic carbocycles. The summed E-state index contributed by atoms with van der Waals surface area (Å²) in [6.45, 7) is 4.55. The maximum absolute atomic E-state index is 12.2. The van der Waals surface area contributed by atoms with Crippen molar-refractivity contribution in [3.05, 3.63) is 29.3 Å². The molecule has 2 aliphatic rings. The molecule has 1 fully saturated rings. The zero-order valence-corrected chi connectivity index (χ0v) is 17.4. The van der Waals surface area contributed by atoms with Crippen molar-refractivity contribution in [1.29, 1.82) is 0 Å². The first-order valence-electron chi connectivity index (χ1n) is 10.6. The second kappa shape index (κ2) is 10.3. The minimum absolute atomic E-state index is 0.0494. The third-order valence-corrected chi connectivity index (χ3v) is 5.68. The van der Waals surface area contributed by atoms with Crippen LogP contribution in [0.3, 0.4) is 0 Å². The Morgan fingerprint density at radius 2 is 2.13 bits per heavy atom. The number of carbonyl (C=O) groups excluding carboxylic acids is 3. The highest BCUT2D eigenvalue weighted by Crippen LogP contribution is 2.22. The Morgan fingerprint density at radius 3 is 2.90 bits per heavy atom. The van der Waals surface area contributed by atoms with Crippen LogP contribution in [0, 0.1) is 0 Å². The van der Waals surface area contributed by atoms with Gasteiger partial charge in [0.15, 0.2) is 0 Å². The average molecular weight is 418 g/mol. The summed E-state index contributed by atoms with van der Waals surface area (Å²) in [5, 5.41) is 18.0. The van der Waals surface area contributed by atoms with E-state index in [1.165, 1.54) is 0 Å². The zero-order chi connectivity index (χ0) is 21.5. The monoisotopic (exact) mass is 417 g/mol. The number of carbonyl (C=O) groups is 3. The molecule has 164 valence electrons. The van der Waals surface area contributed by atoms with Crippen LogP contribution in [0.1, 0.15) is 37.3 Å². The van der Waals surface area contributed by atoms with Crippen LogP contribution in [0.2, 0.25) is 0 Å². The maximum Gasteiger partial charge on any atom is 0.315 e. The number of rotatable bonds is 6. The number of hydrogen-bond donors (Lipinski definition) is 4. The molecule has 0 bridgehead atoms. The van der Waals surface area contributed by atoms with Gasteiger partial charge in [-0.3, -0.25) is 9.59 Å². The number of amides is 4. The smallest absolute Gasteiger partial charge is 0.315 e. The van der Waals surface area contributed by atoms with Crippen LogP contribution in [0.4, 0.5) is 10.5 Å². The number of nitrogens with zero attached hydrogens (tertiary/aromatic N) is 2. The van der Waals surface area contributed by atoms with Gasteiger partial charge in [-0.1, -0.05) is 12.1 Å². The summed E-state index contributed by atoms with van der Waals surface area (Å²) in [5.41, 5.74) is 2.94. The standard InChI is InChI=1S/C21H31N5O4/c1-2-25-13-16-10-15(5-6-18(16)22-8-7-19(25)28)11-23-21(30)24-12-20(29)26-9-3-4-17(26)14-27/h5-6,10,17,22,27H,2-4,7-9,11-14H2,1H3,(H2,23,24,30). The van der Waals surface area contributed by atoms with Crippen LogP contribution in [-0.4, -0.2) is 71.6 Å². The lowest BCUT2D eigenvalue weighted by Crippen LogP contribution is -2.46. The molecule has 0 aromatic heterocycles. The Morgan fingerprint density at radius 1 is 1.30 bits per heavy atom. The van der Waals surface area contributed by atoms with Crippen LogP contribution < -0.4 is 16.0 Å². The van der Waals surface area contributed by atoms with Gasteiger partial charge >= 0.3 is 6.03 Å². The lowest BCUT2D eigenvalue weighted by Gasteiger charge is -2.26. The highest BCUT2D eigenvalue weighted by atomic mass is 16.3. The molecule has 0 spiro atoms. The predicted octanol–water partition coefficient (Wildman–Crippen LogP) is 0.633. The van der Waals surface area contributed by atoms with E-state index < -0.39 is 6.03 Å². The Bertz CT molecular complexity index is 785. The van der Waals surface area contributed by atoms with E-state index in [1.807, 2.05) is 30.0 Å². The maximum atomic E-state index is 12.2. The number of hydrogen-bond acceptors (Lipinski definition) is 5. The summed E-state index contributed by atoms with van der Waals surface area (Å²) < 4.78 is 0. The van der Waals surface area contributed by atoms with Crippen LogP contribution in [0.15, 0.2) is 18.2 Å². The summed E-state index contributed by atoms with van der Waals surface area (Å²) in [5.74, 6) is -0.0529. The van der Waals surface area contributed by atoms with Gasteiger partial charge in [-0.15, -0.1) is 0 Å². The molecule has 2 heterocycles. The van der Waals surface area contributed by atoms with Crippen molar-refractivity contribution in [2.75, 3.05) is 38.1 Å². The van der Waals surface area contributed by atoms with Crippen LogP contribution in [-0.2, 0) is 22.7 Å². The Labute approximate surface area is 176 Å². The van der Waals surface area contributed by atoms with Gasteiger partial charge in [0.1, 0.15) is 0 Å². The molecule has 0 aliphatic carbocycles. The normalized spacial score (nSPS) is 18.9. The van der Waals surface area contributed by atoms with E-state index in [2.05, 4.69) is 16.0 Å². The first kappa shape index (κ1) is 21.9. The molecule has 0 radical (unpaired) electrons. The largest absolute Gasteiger partial charge is 0.394 e. The van der Waals surface area contributed by atoms with Crippen molar-refractivity contribution >= 4 is 23.5 Å². The second-order valence-corrected chi connectivity index (χ2v) is 7.68. The van der Waals surface area contributed by atoms with Crippen molar-refractivity contribution < 1.29 is 19.5 Å². The summed E-state index contributed by atoms with van der Waals surface area (Å²) in [6, 6.07) is 5.34. The molecule has 0 saturated carbocycles. The van der Waals surface area contributed by atoms with Crippen LogP contribution in [0.25, 0.3) is 0 Å². The molecule has 9 nitrogen and oxygen atoms in total. The minimum atomic E-state index is -0.418. The van der Waals surface area contributed by atoms with Crippen molar-refractivity contribution in [3.63, 3.8) is 0 Å². The van der Waals surface area contributed by atoms with Crippen molar-refractivity contribution in [1.82, 2.24) is 20.4 Å². The SMILES string of the molecule is CCN1Cc2cc(CNC(=O)NCC(=O)N3CCCC3CO)ccc2NCCC1=O. The average Bonchev–Trinajstić information content (AvgIpc) is 3.23. The van der Waals surface area contributed by atoms with E-state index in [4.69, 9.17) is 0 Å². The summed E-state index contributed by atoms with van der Waals surface area (Å²) >= 11 is 0. The summed E-state index contributed by atoms with van der Waals surface area (Å²) in [6.07, 6.45) is 2.14. The molecule has 1 aromatic rings. The predicted molar refractivity (Wildman–Crippen MR) is 113 cm³/mol. The Hall–Kier alpha value is -2.81. The number of aliphatic hydroxyl groups is 1. The van der Waals surface area contributed by atoms with Gasteiger partial charge in [0.2, 0.25) is 11.8 Å². The molecule has 2 aliphatic heterocycles. The van der Waals surface area contributed by atoms with E-state index in [1.54, 1.807) is 4.90 Å². The highest BCUT2D eigenvalue weighted by molar-refractivity contribution is 5.84. The van der Waals surface area contributed by atoms with E-state index in [9.17, 15) is 19.5 Å². The van der Waals surface area contributed by atoms with Crippen LogP contribution in [0.5, 0.6) is 0 Å². The fourth-order valence-corrected chi connectivity index (χ4v) is 3.96. The summed E-state index contributed by atoms with van der Waals surface area (Å²) in [4.78, 5) is 39.9. The van der Waals surface area contributed by atoms with Gasteiger partial charge in [-0.05, 0) is 37.0 Å². The third-order valence-electron chi connectivity index (χ3n) is 5.68. The van der Waals surface area contributed by atoms with Crippen molar-refractivity contribution in [3.8, 4) is 0 Å². The molecule has 9 heteroatoms. The molecular formula is C21H31N5O4. The van der Waals surface area contributed by atoms with Gasteiger partial charge in [-0.25, -0.2) is 4.79 Å². The van der Waals surface area contributed by atoms with Gasteiger partial charge < -0.3 is 30.9 Å². The second-order valence-electron chi connectivity index (χ2n) is 7.68. The first-order chi connectivity index (χ1) is 14.5.